The maximum absolute atomic E-state index is 12.1. The van der Waals surface area contributed by atoms with Crippen LogP contribution in [0.3, 0.4) is 0 Å². The van der Waals surface area contributed by atoms with Gasteiger partial charge in [0.2, 0.25) is 0 Å². The first-order valence-corrected chi connectivity index (χ1v) is 8.25. The fourth-order valence-electron chi connectivity index (χ4n) is 2.64. The van der Waals surface area contributed by atoms with E-state index in [1.807, 2.05) is 32.7 Å². The number of piperidine rings is 1. The van der Waals surface area contributed by atoms with Gasteiger partial charge in [-0.25, -0.2) is 4.79 Å². The third-order valence-electron chi connectivity index (χ3n) is 3.72. The molecule has 0 unspecified atom stereocenters. The van der Waals surface area contributed by atoms with Gasteiger partial charge in [0.05, 0.1) is 0 Å². The maximum atomic E-state index is 12.1. The van der Waals surface area contributed by atoms with Crippen LogP contribution in [-0.4, -0.2) is 41.3 Å². The number of ether oxygens (including phenoxy) is 1. The monoisotopic (exact) mass is 311 g/mol. The molecule has 6 heteroatoms. The molecule has 0 atom stereocenters. The summed E-state index contributed by atoms with van der Waals surface area (Å²) in [4.78, 5) is 19.2. The predicted octanol–water partition coefficient (Wildman–Crippen LogP) is 2.73. The van der Waals surface area contributed by atoms with Gasteiger partial charge in [0, 0.05) is 44.2 Å². The number of nitrogens with zero attached hydrogens (tertiary/aromatic N) is 3. The minimum atomic E-state index is -0.425. The molecule has 5 nitrogen and oxygen atoms in total. The Balaban J connectivity index is 1.97. The Labute approximate surface area is 130 Å². The first kappa shape index (κ1) is 16.1. The highest BCUT2D eigenvalue weighted by Gasteiger charge is 2.28. The van der Waals surface area contributed by atoms with Crippen LogP contribution in [0, 0.1) is 0 Å². The molecule has 1 aliphatic rings. The highest BCUT2D eigenvalue weighted by atomic mass is 32.1. The molecule has 1 amide bonds. The van der Waals surface area contributed by atoms with Crippen LogP contribution >= 0.6 is 11.3 Å². The molecule has 0 radical (unpaired) electrons. The Morgan fingerprint density at radius 2 is 2.00 bits per heavy atom. The van der Waals surface area contributed by atoms with E-state index in [1.165, 1.54) is 5.69 Å². The van der Waals surface area contributed by atoms with Crippen molar-refractivity contribution in [3.63, 3.8) is 0 Å². The summed E-state index contributed by atoms with van der Waals surface area (Å²) in [6.45, 7) is 7.22. The number of thiazole rings is 1. The number of carbonyl (C=O) groups is 1. The van der Waals surface area contributed by atoms with Crippen LogP contribution in [0.1, 0.15) is 45.2 Å². The predicted molar refractivity (Wildman–Crippen MR) is 84.6 cm³/mol. The fraction of sp³-hybridized carbons (Fsp3) is 0.733. The number of carbonyl (C=O) groups excluding carboxylic acids is 1. The smallest absolute Gasteiger partial charge is 0.410 e. The second-order valence-electron chi connectivity index (χ2n) is 6.47. The first-order valence-electron chi connectivity index (χ1n) is 7.37. The van der Waals surface area contributed by atoms with Crippen LogP contribution in [0.2, 0.25) is 0 Å². The summed E-state index contributed by atoms with van der Waals surface area (Å²) in [5, 5.41) is 2.19. The molecule has 1 aliphatic heterocycles. The molecule has 1 aromatic heterocycles. The normalized spacial score (nSPS) is 18.1. The zero-order valence-electron chi connectivity index (χ0n) is 13.5. The van der Waals surface area contributed by atoms with Gasteiger partial charge in [0.1, 0.15) is 5.60 Å². The zero-order valence-corrected chi connectivity index (χ0v) is 14.4. The van der Waals surface area contributed by atoms with E-state index in [-0.39, 0.29) is 6.09 Å². The second-order valence-corrected chi connectivity index (χ2v) is 7.30. The Bertz CT molecular complexity index is 560. The molecule has 1 saturated heterocycles. The average Bonchev–Trinajstić information content (AvgIpc) is 2.78. The lowest BCUT2D eigenvalue weighted by molar-refractivity contribution is 0.0203. The van der Waals surface area contributed by atoms with Crippen molar-refractivity contribution in [1.82, 2.24) is 9.47 Å². The van der Waals surface area contributed by atoms with E-state index in [1.54, 1.807) is 11.3 Å². The number of rotatable bonds is 1. The molecule has 0 N–H and O–H groups in total. The van der Waals surface area contributed by atoms with E-state index >= 15 is 0 Å². The van der Waals surface area contributed by atoms with Gasteiger partial charge in [-0.1, -0.05) is 0 Å². The van der Waals surface area contributed by atoms with Gasteiger partial charge in [-0.05, 0) is 33.6 Å². The van der Waals surface area contributed by atoms with Crippen LogP contribution in [0.4, 0.5) is 4.79 Å². The molecule has 2 heterocycles. The van der Waals surface area contributed by atoms with Crippen LogP contribution in [0.15, 0.2) is 10.4 Å². The van der Waals surface area contributed by atoms with Gasteiger partial charge in [0.15, 0.2) is 4.80 Å². The summed E-state index contributed by atoms with van der Waals surface area (Å²) >= 11 is 1.68. The Hall–Kier alpha value is -1.30. The lowest BCUT2D eigenvalue weighted by Gasteiger charge is -2.33. The Kier molecular flexibility index (Phi) is 4.76. The van der Waals surface area contributed by atoms with Crippen LogP contribution < -0.4 is 4.80 Å². The van der Waals surface area contributed by atoms with Crippen LogP contribution in [0.25, 0.3) is 0 Å². The lowest BCUT2D eigenvalue weighted by atomic mass is 9.94. The average molecular weight is 311 g/mol. The van der Waals surface area contributed by atoms with Crippen molar-refractivity contribution >= 4 is 17.4 Å². The third-order valence-corrected chi connectivity index (χ3v) is 4.74. The largest absolute Gasteiger partial charge is 0.444 e. The molecule has 0 aliphatic carbocycles. The lowest BCUT2D eigenvalue weighted by Crippen LogP contribution is -2.41. The van der Waals surface area contributed by atoms with E-state index in [2.05, 4.69) is 22.0 Å². The standard InChI is InChI=1S/C15H25N3O2S/c1-15(2,3)20-14(19)18-8-6-11(7-9-18)12-10-21-13(16-4)17(12)5/h10-11H,6-9H2,1-5H3. The highest BCUT2D eigenvalue weighted by Crippen LogP contribution is 2.28. The van der Waals surface area contributed by atoms with Gasteiger partial charge < -0.3 is 14.2 Å². The van der Waals surface area contributed by atoms with E-state index < -0.39 is 5.60 Å². The van der Waals surface area contributed by atoms with Crippen LogP contribution in [0.5, 0.6) is 0 Å². The van der Waals surface area contributed by atoms with Crippen molar-refractivity contribution in [1.29, 1.82) is 0 Å². The number of likely N-dealkylation sites (tertiary alicyclic amines) is 1. The summed E-state index contributed by atoms with van der Waals surface area (Å²) < 4.78 is 7.60. The highest BCUT2D eigenvalue weighted by molar-refractivity contribution is 7.07. The number of hydrogen-bond donors (Lipinski definition) is 0. The molecular weight excluding hydrogens is 286 g/mol. The van der Waals surface area contributed by atoms with Crippen LogP contribution in [-0.2, 0) is 11.8 Å². The molecule has 0 spiro atoms. The topological polar surface area (TPSA) is 46.8 Å². The van der Waals surface area contributed by atoms with E-state index in [9.17, 15) is 4.79 Å². The molecule has 0 aromatic carbocycles. The quantitative estimate of drug-likeness (QED) is 0.800. The van der Waals surface area contributed by atoms with E-state index in [4.69, 9.17) is 4.74 Å². The summed E-state index contributed by atoms with van der Waals surface area (Å²) in [5.41, 5.74) is 0.898. The third kappa shape index (κ3) is 3.87. The van der Waals surface area contributed by atoms with Gasteiger partial charge in [-0.3, -0.25) is 4.99 Å². The van der Waals surface area contributed by atoms with Crippen molar-refractivity contribution in [2.75, 3.05) is 20.1 Å². The minimum Gasteiger partial charge on any atom is -0.444 e. The molecule has 1 fully saturated rings. The molecule has 21 heavy (non-hydrogen) atoms. The minimum absolute atomic E-state index is 0.195. The molecule has 0 saturated carbocycles. The Morgan fingerprint density at radius 1 is 1.38 bits per heavy atom. The van der Waals surface area contributed by atoms with E-state index in [0.717, 1.165) is 30.7 Å². The number of hydrogen-bond acceptors (Lipinski definition) is 4. The Morgan fingerprint density at radius 3 is 2.48 bits per heavy atom. The van der Waals surface area contributed by atoms with Crippen molar-refractivity contribution in [3.8, 4) is 0 Å². The molecular formula is C15H25N3O2S. The zero-order chi connectivity index (χ0) is 15.6. The summed E-state index contributed by atoms with van der Waals surface area (Å²) in [7, 11) is 3.88. The van der Waals surface area contributed by atoms with Crippen molar-refractivity contribution < 1.29 is 9.53 Å². The van der Waals surface area contributed by atoms with Gasteiger partial charge >= 0.3 is 6.09 Å². The number of aromatic nitrogens is 1. The second kappa shape index (κ2) is 6.22. The first-order chi connectivity index (χ1) is 9.81. The summed E-state index contributed by atoms with van der Waals surface area (Å²) in [6.07, 6.45) is 1.76. The number of amides is 1. The maximum Gasteiger partial charge on any atom is 0.410 e. The summed E-state index contributed by atoms with van der Waals surface area (Å²) in [6, 6.07) is 0. The van der Waals surface area contributed by atoms with Gasteiger partial charge in [-0.15, -0.1) is 11.3 Å². The van der Waals surface area contributed by atoms with Crippen molar-refractivity contribution in [3.05, 3.63) is 15.9 Å². The molecule has 118 valence electrons. The fourth-order valence-corrected chi connectivity index (χ4v) is 3.58. The molecule has 2 rings (SSSR count). The molecule has 1 aromatic rings. The van der Waals surface area contributed by atoms with Crippen molar-refractivity contribution in [2.45, 2.75) is 45.1 Å². The van der Waals surface area contributed by atoms with Gasteiger partial charge in [-0.2, -0.15) is 0 Å². The SMILES string of the molecule is CN=c1scc(C2CCN(C(=O)OC(C)(C)C)CC2)n1C. The molecule has 0 bridgehead atoms. The van der Waals surface area contributed by atoms with Gasteiger partial charge in [0.25, 0.3) is 0 Å². The van der Waals surface area contributed by atoms with Crippen molar-refractivity contribution in [2.24, 2.45) is 12.0 Å². The van der Waals surface area contributed by atoms with E-state index in [0.29, 0.717) is 5.92 Å². The summed E-state index contributed by atoms with van der Waals surface area (Å²) in [5.74, 6) is 0.500.